The molecule has 2 heteroatoms. The van der Waals surface area contributed by atoms with Crippen LogP contribution in [0, 0.1) is 5.92 Å². The highest BCUT2D eigenvalue weighted by Crippen LogP contribution is 2.56. The fraction of sp³-hybridized carbons (Fsp3) is 0.444. The van der Waals surface area contributed by atoms with Crippen molar-refractivity contribution in [3.63, 3.8) is 0 Å². The average molecular weight is 387 g/mol. The van der Waals surface area contributed by atoms with Gasteiger partial charge in [-0.15, -0.1) is 0 Å². The molecule has 2 aliphatic carbocycles. The Morgan fingerprint density at radius 3 is 2.48 bits per heavy atom. The molecule has 0 N–H and O–H groups in total. The van der Waals surface area contributed by atoms with Crippen molar-refractivity contribution < 1.29 is 9.53 Å². The van der Waals surface area contributed by atoms with Crippen molar-refractivity contribution >= 4 is 11.4 Å². The van der Waals surface area contributed by atoms with Crippen LogP contribution in [0.3, 0.4) is 0 Å². The van der Waals surface area contributed by atoms with E-state index in [1.54, 1.807) is 0 Å². The van der Waals surface area contributed by atoms with Gasteiger partial charge in [0.25, 0.3) is 0 Å². The van der Waals surface area contributed by atoms with Crippen LogP contribution in [0.5, 0.6) is 5.75 Å². The monoisotopic (exact) mass is 386 g/mol. The van der Waals surface area contributed by atoms with E-state index in [4.69, 9.17) is 4.74 Å². The summed E-state index contributed by atoms with van der Waals surface area (Å²) in [6.45, 7) is 7.36. The van der Waals surface area contributed by atoms with E-state index in [-0.39, 0.29) is 0 Å². The quantitative estimate of drug-likeness (QED) is 0.556. The first-order valence-corrected chi connectivity index (χ1v) is 11.3. The highest BCUT2D eigenvalue weighted by molar-refractivity contribution is 6.04. The van der Waals surface area contributed by atoms with Gasteiger partial charge in [-0.25, -0.2) is 0 Å². The zero-order valence-corrected chi connectivity index (χ0v) is 17.8. The molecule has 5 rings (SSSR count). The zero-order valence-electron chi connectivity index (χ0n) is 17.8. The third-order valence-corrected chi connectivity index (χ3v) is 7.52. The van der Waals surface area contributed by atoms with Crippen molar-refractivity contribution in [2.75, 3.05) is 6.61 Å². The summed E-state index contributed by atoms with van der Waals surface area (Å²) < 4.78 is 6.25. The van der Waals surface area contributed by atoms with Crippen molar-refractivity contribution in [3.8, 4) is 16.9 Å². The number of hydrogen-bond acceptors (Lipinski definition) is 2. The van der Waals surface area contributed by atoms with Crippen LogP contribution in [0.25, 0.3) is 16.7 Å². The van der Waals surface area contributed by atoms with Crippen LogP contribution < -0.4 is 4.74 Å². The average Bonchev–Trinajstić information content (AvgIpc) is 3.42. The molecule has 2 aromatic rings. The summed E-state index contributed by atoms with van der Waals surface area (Å²) in [5, 5.41) is 0. The number of carbonyl (C=O) groups is 1. The number of ketones is 1. The molecule has 1 heterocycles. The Labute approximate surface area is 174 Å². The molecule has 3 aliphatic rings. The van der Waals surface area contributed by atoms with Gasteiger partial charge in [0.2, 0.25) is 0 Å². The van der Waals surface area contributed by atoms with E-state index >= 15 is 0 Å². The van der Waals surface area contributed by atoms with Crippen LogP contribution >= 0.6 is 0 Å². The summed E-state index contributed by atoms with van der Waals surface area (Å²) in [5.74, 6) is 2.56. The van der Waals surface area contributed by atoms with E-state index in [2.05, 4.69) is 51.1 Å². The second-order valence-corrected chi connectivity index (χ2v) is 8.80. The first kappa shape index (κ1) is 18.7. The SMILES string of the molecule is C/C=C1/COc2c1ccc1c2-c2c(ccc3c2CCC3=O)C1CCC(CC)CC. The molecule has 0 saturated heterocycles. The second-order valence-electron chi connectivity index (χ2n) is 8.80. The highest BCUT2D eigenvalue weighted by atomic mass is 16.5. The lowest BCUT2D eigenvalue weighted by Gasteiger charge is -2.18. The number of rotatable bonds is 5. The van der Waals surface area contributed by atoms with Gasteiger partial charge >= 0.3 is 0 Å². The van der Waals surface area contributed by atoms with Gasteiger partial charge < -0.3 is 4.74 Å². The summed E-state index contributed by atoms with van der Waals surface area (Å²) in [6, 6.07) is 8.94. The number of hydrogen-bond donors (Lipinski definition) is 0. The van der Waals surface area contributed by atoms with Crippen LogP contribution in [0.4, 0.5) is 0 Å². The number of carbonyl (C=O) groups excluding carboxylic acids is 1. The predicted octanol–water partition coefficient (Wildman–Crippen LogP) is 6.94. The molecule has 29 heavy (non-hydrogen) atoms. The Morgan fingerprint density at radius 2 is 1.76 bits per heavy atom. The lowest BCUT2D eigenvalue weighted by molar-refractivity contribution is 0.0994. The van der Waals surface area contributed by atoms with Crippen LogP contribution in [0.1, 0.15) is 91.4 Å². The Bertz CT molecular complexity index is 1020. The minimum atomic E-state index is 0.299. The zero-order chi connectivity index (χ0) is 20.1. The van der Waals surface area contributed by atoms with E-state index in [1.165, 1.54) is 64.6 Å². The number of ether oxygens (including phenoxy) is 1. The lowest BCUT2D eigenvalue weighted by atomic mass is 9.86. The summed E-state index contributed by atoms with van der Waals surface area (Å²) in [7, 11) is 0. The molecule has 1 atom stereocenters. The molecule has 0 spiro atoms. The second kappa shape index (κ2) is 7.16. The fourth-order valence-corrected chi connectivity index (χ4v) is 5.74. The van der Waals surface area contributed by atoms with Gasteiger partial charge in [-0.05, 0) is 59.9 Å². The van der Waals surface area contributed by atoms with Gasteiger partial charge in [0.05, 0.1) is 0 Å². The van der Waals surface area contributed by atoms with Gasteiger partial charge in [0.15, 0.2) is 5.78 Å². The topological polar surface area (TPSA) is 26.3 Å². The van der Waals surface area contributed by atoms with Crippen LogP contribution in [-0.4, -0.2) is 12.4 Å². The minimum absolute atomic E-state index is 0.299. The molecule has 1 unspecified atom stereocenters. The number of fused-ring (bicyclic) bond motifs is 7. The maximum absolute atomic E-state index is 12.4. The van der Waals surface area contributed by atoms with Gasteiger partial charge in [-0.3, -0.25) is 4.79 Å². The smallest absolute Gasteiger partial charge is 0.163 e. The summed E-state index contributed by atoms with van der Waals surface area (Å²) in [4.78, 5) is 12.4. The first-order chi connectivity index (χ1) is 14.2. The molecule has 0 aromatic heterocycles. The predicted molar refractivity (Wildman–Crippen MR) is 119 cm³/mol. The van der Waals surface area contributed by atoms with Crippen molar-refractivity contribution in [1.82, 2.24) is 0 Å². The summed E-state index contributed by atoms with van der Waals surface area (Å²) in [6.07, 6.45) is 8.61. The standard InChI is InChI=1S/C27H30O2/c1-4-16(5-2)7-8-19-21-12-10-20-23(13-14-24(20)28)25(21)26-22(19)11-9-18-17(6-3)15-29-27(18)26/h6,9-12,16,19H,4-5,7-8,13-15H2,1-3H3/b17-6-. The van der Waals surface area contributed by atoms with E-state index in [9.17, 15) is 4.79 Å². The first-order valence-electron chi connectivity index (χ1n) is 11.3. The maximum Gasteiger partial charge on any atom is 0.163 e. The third kappa shape index (κ3) is 2.72. The Hall–Kier alpha value is -2.35. The van der Waals surface area contributed by atoms with E-state index in [1.807, 2.05) is 0 Å². The van der Waals surface area contributed by atoms with Crippen molar-refractivity contribution in [2.24, 2.45) is 5.92 Å². The third-order valence-electron chi connectivity index (χ3n) is 7.52. The molecule has 0 saturated carbocycles. The van der Waals surface area contributed by atoms with Crippen LogP contribution in [0.15, 0.2) is 30.3 Å². The summed E-state index contributed by atoms with van der Waals surface area (Å²) in [5.41, 5.74) is 10.2. The van der Waals surface area contributed by atoms with Crippen LogP contribution in [-0.2, 0) is 6.42 Å². The lowest BCUT2D eigenvalue weighted by Crippen LogP contribution is -2.03. The molecule has 0 radical (unpaired) electrons. The molecule has 1 aliphatic heterocycles. The Balaban J connectivity index is 1.68. The molecule has 0 bridgehead atoms. The molecule has 2 aromatic carbocycles. The van der Waals surface area contributed by atoms with Gasteiger partial charge in [-0.1, -0.05) is 57.0 Å². The summed E-state index contributed by atoms with van der Waals surface area (Å²) >= 11 is 0. The van der Waals surface area contributed by atoms with E-state index in [0.717, 1.165) is 23.7 Å². The molecule has 0 amide bonds. The molecular formula is C27H30O2. The normalized spacial score (nSPS) is 20.1. The molecule has 0 fully saturated rings. The number of benzene rings is 2. The van der Waals surface area contributed by atoms with E-state index < -0.39 is 0 Å². The molecule has 2 nitrogen and oxygen atoms in total. The van der Waals surface area contributed by atoms with E-state index in [0.29, 0.717) is 24.7 Å². The Kier molecular flexibility index (Phi) is 4.61. The minimum Gasteiger partial charge on any atom is -0.488 e. The fourth-order valence-electron chi connectivity index (χ4n) is 5.74. The largest absolute Gasteiger partial charge is 0.488 e. The van der Waals surface area contributed by atoms with Gasteiger partial charge in [0, 0.05) is 29.0 Å². The van der Waals surface area contributed by atoms with Gasteiger partial charge in [-0.2, -0.15) is 0 Å². The highest BCUT2D eigenvalue weighted by Gasteiger charge is 2.38. The van der Waals surface area contributed by atoms with Crippen molar-refractivity contribution in [1.29, 1.82) is 0 Å². The van der Waals surface area contributed by atoms with Crippen LogP contribution in [0.2, 0.25) is 0 Å². The maximum atomic E-state index is 12.4. The van der Waals surface area contributed by atoms with Crippen molar-refractivity contribution in [3.05, 3.63) is 58.2 Å². The van der Waals surface area contributed by atoms with Crippen molar-refractivity contribution in [2.45, 2.75) is 65.2 Å². The number of Topliss-reactive ketones (excluding diaryl/α,β-unsaturated/α-hetero) is 1. The Morgan fingerprint density at radius 1 is 1.03 bits per heavy atom. The van der Waals surface area contributed by atoms with Gasteiger partial charge in [0.1, 0.15) is 12.4 Å². The molecule has 150 valence electrons. The molecular weight excluding hydrogens is 356 g/mol. The number of allylic oxidation sites excluding steroid dienone is 1.